The van der Waals surface area contributed by atoms with Crippen molar-refractivity contribution in [1.29, 1.82) is 0 Å². The molecule has 1 saturated heterocycles. The molecular weight excluding hydrogens is 385 g/mol. The summed E-state index contributed by atoms with van der Waals surface area (Å²) in [7, 11) is 0. The zero-order valence-corrected chi connectivity index (χ0v) is 15.4. The summed E-state index contributed by atoms with van der Waals surface area (Å²) in [5.41, 5.74) is 0.0906. The SMILES string of the molecule is CCn1c(N[C@@H]2CC(=O)N(c3ccccc3C(F)(F)F)C2=O)nc2ccccc21. The number of benzene rings is 2. The third-order valence-corrected chi connectivity index (χ3v) is 4.87. The molecule has 9 heteroatoms. The summed E-state index contributed by atoms with van der Waals surface area (Å²) < 4.78 is 41.9. The Balaban J connectivity index is 1.67. The summed E-state index contributed by atoms with van der Waals surface area (Å²) in [6, 6.07) is 11.0. The van der Waals surface area contributed by atoms with Gasteiger partial charge in [-0.25, -0.2) is 9.88 Å². The molecule has 2 heterocycles. The van der Waals surface area contributed by atoms with E-state index in [4.69, 9.17) is 0 Å². The number of anilines is 2. The predicted octanol–water partition coefficient (Wildman–Crippen LogP) is 3.82. The number of carbonyl (C=O) groups excluding carboxylic acids is 2. The zero-order chi connectivity index (χ0) is 20.8. The smallest absolute Gasteiger partial charge is 0.343 e. The molecule has 2 amide bonds. The van der Waals surface area contributed by atoms with E-state index in [1.165, 1.54) is 12.1 Å². The van der Waals surface area contributed by atoms with Crippen molar-refractivity contribution in [2.75, 3.05) is 10.2 Å². The van der Waals surface area contributed by atoms with Gasteiger partial charge in [0, 0.05) is 6.54 Å². The van der Waals surface area contributed by atoms with E-state index in [1.54, 1.807) is 0 Å². The van der Waals surface area contributed by atoms with Crippen LogP contribution in [0.2, 0.25) is 0 Å². The number of aromatic nitrogens is 2. The third kappa shape index (κ3) is 3.22. The number of para-hydroxylation sites is 3. The highest BCUT2D eigenvalue weighted by Gasteiger charge is 2.44. The number of carbonyl (C=O) groups is 2. The lowest BCUT2D eigenvalue weighted by atomic mass is 10.1. The first-order valence-corrected chi connectivity index (χ1v) is 9.06. The molecule has 1 atom stereocenters. The van der Waals surface area contributed by atoms with E-state index in [1.807, 2.05) is 35.8 Å². The van der Waals surface area contributed by atoms with Gasteiger partial charge in [0.1, 0.15) is 6.04 Å². The fourth-order valence-electron chi connectivity index (χ4n) is 3.57. The number of imidazole rings is 1. The Labute approximate surface area is 163 Å². The molecule has 150 valence electrons. The highest BCUT2D eigenvalue weighted by atomic mass is 19.4. The summed E-state index contributed by atoms with van der Waals surface area (Å²) in [6.45, 7) is 2.48. The molecule has 0 spiro atoms. The number of halogens is 3. The number of aryl methyl sites for hydroxylation is 1. The van der Waals surface area contributed by atoms with Crippen molar-refractivity contribution in [2.24, 2.45) is 0 Å². The number of fused-ring (bicyclic) bond motifs is 1. The van der Waals surface area contributed by atoms with Crippen molar-refractivity contribution in [2.45, 2.75) is 32.1 Å². The second kappa shape index (κ2) is 6.91. The van der Waals surface area contributed by atoms with Crippen LogP contribution in [0.3, 0.4) is 0 Å². The van der Waals surface area contributed by atoms with Crippen LogP contribution in [0.4, 0.5) is 24.8 Å². The van der Waals surface area contributed by atoms with Crippen molar-refractivity contribution in [3.8, 4) is 0 Å². The highest BCUT2D eigenvalue weighted by molar-refractivity contribution is 6.23. The van der Waals surface area contributed by atoms with Gasteiger partial charge < -0.3 is 9.88 Å². The van der Waals surface area contributed by atoms with Crippen molar-refractivity contribution < 1.29 is 22.8 Å². The molecular formula is C20H17F3N4O2. The third-order valence-electron chi connectivity index (χ3n) is 4.87. The number of nitrogens with one attached hydrogen (secondary N) is 1. The molecule has 1 N–H and O–H groups in total. The van der Waals surface area contributed by atoms with Crippen molar-refractivity contribution in [1.82, 2.24) is 9.55 Å². The Hall–Kier alpha value is -3.36. The van der Waals surface area contributed by atoms with Gasteiger partial charge in [-0.2, -0.15) is 13.2 Å². The van der Waals surface area contributed by atoms with Gasteiger partial charge in [0.05, 0.1) is 28.7 Å². The molecule has 4 rings (SSSR count). The standard InChI is InChI=1S/C20H17F3N4O2/c1-2-26-16-10-6-4-8-13(16)24-19(26)25-14-11-17(28)27(18(14)29)15-9-5-3-7-12(15)20(21,22)23/h3-10,14H,2,11H2,1H3,(H,24,25)/t14-/m1/s1. The summed E-state index contributed by atoms with van der Waals surface area (Å²) >= 11 is 0. The second-order valence-corrected chi connectivity index (χ2v) is 6.65. The van der Waals surface area contributed by atoms with Crippen LogP contribution in [-0.2, 0) is 22.3 Å². The Bertz CT molecular complexity index is 1110. The monoisotopic (exact) mass is 402 g/mol. The highest BCUT2D eigenvalue weighted by Crippen LogP contribution is 2.38. The van der Waals surface area contributed by atoms with Crippen molar-refractivity contribution in [3.63, 3.8) is 0 Å². The van der Waals surface area contributed by atoms with E-state index in [-0.39, 0.29) is 6.42 Å². The Morgan fingerprint density at radius 1 is 1.10 bits per heavy atom. The molecule has 2 aromatic carbocycles. The van der Waals surface area contributed by atoms with Gasteiger partial charge in [-0.3, -0.25) is 9.59 Å². The molecule has 6 nitrogen and oxygen atoms in total. The molecule has 0 saturated carbocycles. The first-order valence-electron chi connectivity index (χ1n) is 9.06. The van der Waals surface area contributed by atoms with Gasteiger partial charge in [-0.1, -0.05) is 24.3 Å². The molecule has 1 fully saturated rings. The van der Waals surface area contributed by atoms with E-state index < -0.39 is 35.3 Å². The van der Waals surface area contributed by atoms with Crippen LogP contribution in [0.15, 0.2) is 48.5 Å². The summed E-state index contributed by atoms with van der Waals surface area (Å²) in [5.74, 6) is -1.03. The second-order valence-electron chi connectivity index (χ2n) is 6.65. The Morgan fingerprint density at radius 2 is 1.79 bits per heavy atom. The van der Waals surface area contributed by atoms with Crippen LogP contribution in [0, 0.1) is 0 Å². The minimum absolute atomic E-state index is 0.252. The number of alkyl halides is 3. The summed E-state index contributed by atoms with van der Waals surface area (Å²) in [6.07, 6.45) is -4.93. The molecule has 3 aromatic rings. The average molecular weight is 402 g/mol. The average Bonchev–Trinajstić information content (AvgIpc) is 3.17. The summed E-state index contributed by atoms with van der Waals surface area (Å²) in [4.78, 5) is 30.4. The van der Waals surface area contributed by atoms with Crippen LogP contribution in [0.1, 0.15) is 18.9 Å². The maximum absolute atomic E-state index is 13.3. The predicted molar refractivity (Wildman–Crippen MR) is 101 cm³/mol. The van der Waals surface area contributed by atoms with Gasteiger partial charge in [0.15, 0.2) is 0 Å². The fourth-order valence-corrected chi connectivity index (χ4v) is 3.57. The van der Waals surface area contributed by atoms with E-state index in [9.17, 15) is 22.8 Å². The fraction of sp³-hybridized carbons (Fsp3) is 0.250. The lowest BCUT2D eigenvalue weighted by Crippen LogP contribution is -2.36. The minimum Gasteiger partial charge on any atom is -0.343 e. The quantitative estimate of drug-likeness (QED) is 0.674. The normalized spacial score (nSPS) is 17.4. The van der Waals surface area contributed by atoms with Crippen LogP contribution >= 0.6 is 0 Å². The molecule has 0 bridgehead atoms. The van der Waals surface area contributed by atoms with Crippen LogP contribution in [0.5, 0.6) is 0 Å². The van der Waals surface area contributed by atoms with E-state index in [0.717, 1.165) is 17.6 Å². The molecule has 29 heavy (non-hydrogen) atoms. The molecule has 1 aliphatic rings. The van der Waals surface area contributed by atoms with Gasteiger partial charge in [0.25, 0.3) is 5.91 Å². The van der Waals surface area contributed by atoms with Gasteiger partial charge >= 0.3 is 6.18 Å². The number of nitrogens with zero attached hydrogens (tertiary/aromatic N) is 3. The van der Waals surface area contributed by atoms with Gasteiger partial charge in [-0.05, 0) is 31.2 Å². The molecule has 1 aliphatic heterocycles. The largest absolute Gasteiger partial charge is 0.418 e. The maximum atomic E-state index is 13.3. The van der Waals surface area contributed by atoms with Crippen LogP contribution < -0.4 is 10.2 Å². The number of imide groups is 1. The topological polar surface area (TPSA) is 67.2 Å². The number of amides is 2. The first-order chi connectivity index (χ1) is 13.8. The molecule has 0 unspecified atom stereocenters. The number of hydrogen-bond acceptors (Lipinski definition) is 4. The molecule has 0 aliphatic carbocycles. The molecule has 0 radical (unpaired) electrons. The first kappa shape index (κ1) is 19.0. The number of rotatable bonds is 4. The maximum Gasteiger partial charge on any atom is 0.418 e. The molecule has 1 aromatic heterocycles. The minimum atomic E-state index is -4.68. The Kier molecular flexibility index (Phi) is 4.52. The number of hydrogen-bond donors (Lipinski definition) is 1. The summed E-state index contributed by atoms with van der Waals surface area (Å²) in [5, 5.41) is 2.95. The van der Waals surface area contributed by atoms with Gasteiger partial charge in [-0.15, -0.1) is 0 Å². The van der Waals surface area contributed by atoms with Crippen LogP contribution in [0.25, 0.3) is 11.0 Å². The van der Waals surface area contributed by atoms with Crippen LogP contribution in [-0.4, -0.2) is 27.4 Å². The van der Waals surface area contributed by atoms with E-state index >= 15 is 0 Å². The zero-order valence-electron chi connectivity index (χ0n) is 15.4. The van der Waals surface area contributed by atoms with Crippen molar-refractivity contribution in [3.05, 3.63) is 54.1 Å². The van der Waals surface area contributed by atoms with E-state index in [0.29, 0.717) is 22.9 Å². The lowest BCUT2D eigenvalue weighted by molar-refractivity contribution is -0.137. The van der Waals surface area contributed by atoms with Crippen molar-refractivity contribution >= 4 is 34.5 Å². The van der Waals surface area contributed by atoms with Gasteiger partial charge in [0.2, 0.25) is 11.9 Å². The lowest BCUT2D eigenvalue weighted by Gasteiger charge is -2.20. The van der Waals surface area contributed by atoms with E-state index in [2.05, 4.69) is 10.3 Å². The Morgan fingerprint density at radius 3 is 2.52 bits per heavy atom.